The Labute approximate surface area is 447 Å². The maximum Gasteiger partial charge on any atom is 0.343 e. The van der Waals surface area contributed by atoms with Crippen LogP contribution < -0.4 is 52.5 Å². The number of esters is 4. The van der Waals surface area contributed by atoms with Crippen molar-refractivity contribution in [2.24, 2.45) is 32.9 Å². The molecule has 0 unspecified atom stereocenters. The quantitative estimate of drug-likeness (QED) is 0.0140. The van der Waals surface area contributed by atoms with Gasteiger partial charge in [-0.2, -0.15) is 0 Å². The number of nitrogens with zero attached hydrogens (tertiary/aromatic N) is 2. The molecule has 12 N–H and O–H groups in total. The Hall–Kier alpha value is -9.30. The van der Waals surface area contributed by atoms with Gasteiger partial charge in [-0.05, 0) is 114 Å². The molecule has 418 valence electrons. The van der Waals surface area contributed by atoms with Gasteiger partial charge in [-0.25, -0.2) is 29.2 Å². The number of aliphatic carboxylic acids is 2. The van der Waals surface area contributed by atoms with Crippen molar-refractivity contribution >= 4 is 70.9 Å². The van der Waals surface area contributed by atoms with Gasteiger partial charge in [-0.1, -0.05) is 0 Å². The topological polar surface area (TPSA) is 404 Å². The van der Waals surface area contributed by atoms with E-state index in [2.05, 4.69) is 20.6 Å². The summed E-state index contributed by atoms with van der Waals surface area (Å²) in [4.78, 5) is 110. The molecular weight excluding hydrogens is 1020 g/mol. The van der Waals surface area contributed by atoms with E-state index in [9.17, 15) is 43.5 Å². The monoisotopic (exact) mass is 1090 g/mol. The van der Waals surface area contributed by atoms with Crippen molar-refractivity contribution in [3.8, 4) is 23.0 Å². The van der Waals surface area contributed by atoms with E-state index in [0.717, 1.165) is 6.07 Å². The maximum absolute atomic E-state index is 13.8. The van der Waals surface area contributed by atoms with Crippen LogP contribution in [0.3, 0.4) is 0 Å². The van der Waals surface area contributed by atoms with Gasteiger partial charge in [0.05, 0.1) is 61.8 Å². The van der Waals surface area contributed by atoms with E-state index in [-0.39, 0.29) is 96.8 Å². The number of guanidine groups is 2. The first-order valence-corrected chi connectivity index (χ1v) is 23.7. The fourth-order valence-corrected chi connectivity index (χ4v) is 6.40. The van der Waals surface area contributed by atoms with E-state index < -0.39 is 83.8 Å². The molecule has 26 nitrogen and oxygen atoms in total. The maximum atomic E-state index is 13.8. The van der Waals surface area contributed by atoms with Crippen LogP contribution in [0.25, 0.3) is 0 Å². The molecule has 2 amide bonds. The number of carbonyl (C=O) groups is 8. The minimum atomic E-state index is -1.79. The first-order valence-electron chi connectivity index (χ1n) is 23.7. The lowest BCUT2D eigenvalue weighted by molar-refractivity contribution is -0.164. The van der Waals surface area contributed by atoms with E-state index in [1.54, 1.807) is 41.5 Å². The smallest absolute Gasteiger partial charge is 0.343 e. The molecular formula is C52H62N8O18. The predicted molar refractivity (Wildman–Crippen MR) is 278 cm³/mol. The molecule has 0 saturated carbocycles. The first kappa shape index (κ1) is 61.2. The average Bonchev–Trinajstić information content (AvgIpc) is 3.32. The Morgan fingerprint density at radius 3 is 1.26 bits per heavy atom. The molecule has 4 rings (SSSR count). The molecule has 0 aliphatic rings. The molecule has 2 atom stereocenters. The van der Waals surface area contributed by atoms with Crippen molar-refractivity contribution in [2.75, 3.05) is 39.6 Å². The summed E-state index contributed by atoms with van der Waals surface area (Å²) >= 11 is 0. The summed E-state index contributed by atoms with van der Waals surface area (Å²) in [5.41, 5.74) is 20.4. The van der Waals surface area contributed by atoms with Crippen LogP contribution >= 0.6 is 0 Å². The number of carboxylic acids is 2. The number of benzene rings is 4. The lowest BCUT2D eigenvalue weighted by Gasteiger charge is -2.26. The van der Waals surface area contributed by atoms with Gasteiger partial charge in [-0.15, -0.1) is 0 Å². The highest BCUT2D eigenvalue weighted by atomic mass is 16.6. The van der Waals surface area contributed by atoms with Crippen LogP contribution in [-0.4, -0.2) is 133 Å². The number of carbonyl (C=O) groups excluding carboxylic acids is 6. The molecule has 0 saturated heterocycles. The lowest BCUT2D eigenvalue weighted by Crippen LogP contribution is -2.46. The highest BCUT2D eigenvalue weighted by Crippen LogP contribution is 2.27. The normalized spacial score (nSPS) is 11.8. The Morgan fingerprint density at radius 1 is 0.500 bits per heavy atom. The molecule has 0 spiro atoms. The van der Waals surface area contributed by atoms with Gasteiger partial charge >= 0.3 is 35.8 Å². The first-order chi connectivity index (χ1) is 36.6. The van der Waals surface area contributed by atoms with Gasteiger partial charge in [0.15, 0.2) is 11.9 Å². The predicted octanol–water partition coefficient (Wildman–Crippen LogP) is 3.26. The van der Waals surface area contributed by atoms with Crippen LogP contribution in [0, 0.1) is 0 Å². The standard InChI is InChI=1S/C52H62N8O18/c1-51(2,3)77-42(63)28-40(48(70)78-52(4,5)6)60-44(65)32-22-36(26-38(24-32)76-47(69)30-9-13-34(14-10-30)58-50(55)56)74-20-18-72-16-15-71-17-19-73-35-21-31(43(64)59-39(45(66)67)27-41(61)62)23-37(25-35)75-46(68)29-7-11-33(12-8-29)57-49(53)54/h7-14,21-26,39-40H,15-20,27-28H2,1-6H3,(H,59,64)(H,60,65)(H,61,62)(H,66,67)(H4,53,54,57)(H4,55,56,58)/t39-,40-/m1/s1. The summed E-state index contributed by atoms with van der Waals surface area (Å²) in [5.74, 6) is -8.94. The third-order valence-corrected chi connectivity index (χ3v) is 9.56. The minimum Gasteiger partial charge on any atom is -0.491 e. The molecule has 0 fully saturated rings. The van der Waals surface area contributed by atoms with Crippen LogP contribution in [0.1, 0.15) is 95.8 Å². The second-order valence-corrected chi connectivity index (χ2v) is 18.6. The second kappa shape index (κ2) is 28.6. The summed E-state index contributed by atoms with van der Waals surface area (Å²) in [5, 5.41) is 23.2. The number of nitrogens with two attached hydrogens (primary N) is 4. The van der Waals surface area contributed by atoms with Gasteiger partial charge in [-0.3, -0.25) is 19.2 Å². The summed E-state index contributed by atoms with van der Waals surface area (Å²) in [6.07, 6.45) is -1.48. The molecule has 26 heteroatoms. The van der Waals surface area contributed by atoms with E-state index >= 15 is 0 Å². The van der Waals surface area contributed by atoms with E-state index in [1.807, 2.05) is 0 Å². The average molecular weight is 1090 g/mol. The number of hydrogen-bond donors (Lipinski definition) is 8. The Kier molecular flexibility index (Phi) is 22.4. The number of aliphatic imine (C=N–C) groups is 2. The van der Waals surface area contributed by atoms with Crippen LogP contribution in [-0.2, 0) is 38.1 Å². The number of rotatable bonds is 27. The van der Waals surface area contributed by atoms with Crippen molar-refractivity contribution in [1.29, 1.82) is 0 Å². The van der Waals surface area contributed by atoms with Gasteiger partial charge in [0.1, 0.15) is 59.5 Å². The number of carboxylic acid groups (broad SMARTS) is 2. The summed E-state index contributed by atoms with van der Waals surface area (Å²) in [6.45, 7) is 9.69. The third-order valence-electron chi connectivity index (χ3n) is 9.56. The number of ether oxygens (including phenoxy) is 8. The molecule has 78 heavy (non-hydrogen) atoms. The minimum absolute atomic E-state index is 0.00281. The molecule has 0 bridgehead atoms. The van der Waals surface area contributed by atoms with Crippen molar-refractivity contribution in [3.05, 3.63) is 107 Å². The van der Waals surface area contributed by atoms with E-state index in [4.69, 9.17) is 65.9 Å². The number of nitrogens with one attached hydrogen (secondary N) is 2. The molecule has 0 aromatic heterocycles. The highest BCUT2D eigenvalue weighted by Gasteiger charge is 2.32. The SMILES string of the molecule is CC(C)(C)OC(=O)C[C@@H](NC(=O)c1cc(OCCOCCOCCOc2cc(OC(=O)c3ccc(N=C(N)N)cc3)cc(C(=O)N[C@H](CC(=O)O)C(=O)O)c2)cc(OC(=O)c2ccc(N=C(N)N)cc2)c1)C(=O)OC(C)(C)C. The van der Waals surface area contributed by atoms with Gasteiger partial charge in [0.25, 0.3) is 11.8 Å². The second-order valence-electron chi connectivity index (χ2n) is 18.6. The van der Waals surface area contributed by atoms with Crippen molar-refractivity contribution in [3.63, 3.8) is 0 Å². The zero-order chi connectivity index (χ0) is 57.7. The Balaban J connectivity index is 1.40. The Morgan fingerprint density at radius 2 is 0.885 bits per heavy atom. The van der Waals surface area contributed by atoms with E-state index in [0.29, 0.717) is 11.4 Å². The lowest BCUT2D eigenvalue weighted by atomic mass is 10.1. The zero-order valence-corrected chi connectivity index (χ0v) is 43.5. The largest absolute Gasteiger partial charge is 0.491 e. The molecule has 4 aromatic carbocycles. The van der Waals surface area contributed by atoms with Crippen LogP contribution in [0.2, 0.25) is 0 Å². The van der Waals surface area contributed by atoms with Crippen molar-refractivity contribution < 1.29 is 86.5 Å². The summed E-state index contributed by atoms with van der Waals surface area (Å²) < 4.78 is 44.8. The summed E-state index contributed by atoms with van der Waals surface area (Å²) in [7, 11) is 0. The fourth-order valence-electron chi connectivity index (χ4n) is 6.40. The van der Waals surface area contributed by atoms with Crippen LogP contribution in [0.5, 0.6) is 23.0 Å². The molecule has 0 aliphatic carbocycles. The molecule has 4 aromatic rings. The van der Waals surface area contributed by atoms with Gasteiger partial charge in [0.2, 0.25) is 0 Å². The molecule has 0 radical (unpaired) electrons. The molecule has 0 heterocycles. The fraction of sp³-hybridized carbons (Fsp3) is 0.346. The molecule has 0 aliphatic heterocycles. The van der Waals surface area contributed by atoms with Crippen molar-refractivity contribution in [1.82, 2.24) is 10.6 Å². The summed E-state index contributed by atoms with van der Waals surface area (Å²) in [6, 6.07) is 15.8. The number of amides is 2. The Bertz CT molecular complexity index is 2850. The van der Waals surface area contributed by atoms with E-state index in [1.165, 1.54) is 78.9 Å². The number of hydrogen-bond acceptors (Lipinski definition) is 18. The van der Waals surface area contributed by atoms with Gasteiger partial charge in [0, 0.05) is 23.3 Å². The highest BCUT2D eigenvalue weighted by molar-refractivity contribution is 6.00. The zero-order valence-electron chi connectivity index (χ0n) is 43.5. The van der Waals surface area contributed by atoms with Crippen LogP contribution in [0.4, 0.5) is 11.4 Å². The van der Waals surface area contributed by atoms with Crippen molar-refractivity contribution in [2.45, 2.75) is 77.7 Å². The third kappa shape index (κ3) is 22.3. The van der Waals surface area contributed by atoms with Gasteiger partial charge < -0.3 is 81.7 Å². The van der Waals surface area contributed by atoms with Crippen LogP contribution in [0.15, 0.2) is 94.9 Å².